The summed E-state index contributed by atoms with van der Waals surface area (Å²) >= 11 is 0. The highest BCUT2D eigenvalue weighted by atomic mass is 32.2. The van der Waals surface area contributed by atoms with Crippen LogP contribution in [0.15, 0.2) is 58.6 Å². The van der Waals surface area contributed by atoms with Gasteiger partial charge in [0.05, 0.1) is 32.0 Å². The predicted molar refractivity (Wildman–Crippen MR) is 89.6 cm³/mol. The Labute approximate surface area is 137 Å². The quantitative estimate of drug-likeness (QED) is 0.726. The number of aromatic nitrogens is 2. The van der Waals surface area contributed by atoms with Crippen LogP contribution in [0.2, 0.25) is 0 Å². The molecule has 0 spiro atoms. The van der Waals surface area contributed by atoms with Crippen LogP contribution < -0.4 is 0 Å². The molecule has 0 saturated heterocycles. The zero-order valence-electron chi connectivity index (χ0n) is 12.8. The highest BCUT2D eigenvalue weighted by molar-refractivity contribution is 7.92. The minimum Gasteiger partial charge on any atom is -0.307 e. The van der Waals surface area contributed by atoms with Crippen LogP contribution >= 0.6 is 0 Å². The summed E-state index contributed by atoms with van der Waals surface area (Å²) in [6, 6.07) is 10.3. The number of hydrogen-bond donors (Lipinski definition) is 0. The normalized spacial score (nSPS) is 13.3. The SMILES string of the molecule is Cc1cccn2cc(C[S@](=O)c3ccccc3S(C)(=O)=O)nc12. The summed E-state index contributed by atoms with van der Waals surface area (Å²) in [5, 5.41) is 0. The molecule has 5 nitrogen and oxygen atoms in total. The molecule has 23 heavy (non-hydrogen) atoms. The highest BCUT2D eigenvalue weighted by Crippen LogP contribution is 2.21. The number of pyridine rings is 1. The second-order valence-electron chi connectivity index (χ2n) is 5.36. The van der Waals surface area contributed by atoms with Crippen LogP contribution in [-0.2, 0) is 26.4 Å². The molecule has 0 saturated carbocycles. The first kappa shape index (κ1) is 15.9. The molecular formula is C16H16N2O3S2. The molecule has 0 bridgehead atoms. The molecule has 0 amide bonds. The van der Waals surface area contributed by atoms with Crippen molar-refractivity contribution in [1.29, 1.82) is 0 Å². The van der Waals surface area contributed by atoms with Crippen LogP contribution in [0.4, 0.5) is 0 Å². The summed E-state index contributed by atoms with van der Waals surface area (Å²) in [5.74, 6) is 0.174. The fraction of sp³-hybridized carbons (Fsp3) is 0.188. The van der Waals surface area contributed by atoms with Crippen molar-refractivity contribution in [2.75, 3.05) is 6.26 Å². The first-order valence-corrected chi connectivity index (χ1v) is 10.2. The Bertz CT molecular complexity index is 1010. The third kappa shape index (κ3) is 3.20. The maximum absolute atomic E-state index is 12.6. The van der Waals surface area contributed by atoms with Crippen LogP contribution in [0, 0.1) is 6.92 Å². The monoisotopic (exact) mass is 348 g/mol. The molecule has 0 N–H and O–H groups in total. The molecule has 0 unspecified atom stereocenters. The lowest BCUT2D eigenvalue weighted by Crippen LogP contribution is -2.05. The smallest absolute Gasteiger partial charge is 0.176 e. The minimum absolute atomic E-state index is 0.110. The van der Waals surface area contributed by atoms with Gasteiger partial charge in [0.1, 0.15) is 5.65 Å². The number of hydrogen-bond acceptors (Lipinski definition) is 4. The molecule has 2 heterocycles. The van der Waals surface area contributed by atoms with Crippen molar-refractivity contribution >= 4 is 26.3 Å². The second-order valence-corrected chi connectivity index (χ2v) is 8.77. The van der Waals surface area contributed by atoms with Crippen molar-refractivity contribution in [3.8, 4) is 0 Å². The fourth-order valence-electron chi connectivity index (χ4n) is 2.43. The molecule has 2 aromatic heterocycles. The molecule has 0 radical (unpaired) electrons. The van der Waals surface area contributed by atoms with E-state index < -0.39 is 20.6 Å². The molecule has 0 aliphatic heterocycles. The number of nitrogens with zero attached hydrogens (tertiary/aromatic N) is 2. The van der Waals surface area contributed by atoms with E-state index in [1.54, 1.807) is 18.2 Å². The lowest BCUT2D eigenvalue weighted by atomic mass is 10.3. The van der Waals surface area contributed by atoms with E-state index in [0.717, 1.165) is 17.5 Å². The number of fused-ring (bicyclic) bond motifs is 1. The topological polar surface area (TPSA) is 68.5 Å². The van der Waals surface area contributed by atoms with Crippen LogP contribution in [0.25, 0.3) is 5.65 Å². The third-order valence-corrected chi connectivity index (χ3v) is 6.19. The molecular weight excluding hydrogens is 332 g/mol. The Morgan fingerprint density at radius 3 is 2.61 bits per heavy atom. The maximum Gasteiger partial charge on any atom is 0.176 e. The Morgan fingerprint density at radius 1 is 1.17 bits per heavy atom. The standard InChI is InChI=1S/C16H16N2O3S2/c1-12-6-5-9-18-10-13(17-16(12)18)11-22(19)14-7-3-4-8-15(14)23(2,20)21/h3-10H,11H2,1-2H3/t22-/m0/s1. The van der Waals surface area contributed by atoms with Gasteiger partial charge >= 0.3 is 0 Å². The zero-order valence-corrected chi connectivity index (χ0v) is 14.4. The molecule has 7 heteroatoms. The predicted octanol–water partition coefficient (Wildman–Crippen LogP) is 2.35. The molecule has 120 valence electrons. The van der Waals surface area contributed by atoms with Crippen LogP contribution in [0.5, 0.6) is 0 Å². The fourth-order valence-corrected chi connectivity index (χ4v) is 5.01. The number of imidazole rings is 1. The Morgan fingerprint density at radius 2 is 1.91 bits per heavy atom. The van der Waals surface area contributed by atoms with E-state index in [-0.39, 0.29) is 10.6 Å². The molecule has 0 aliphatic carbocycles. The molecule has 3 aromatic rings. The number of benzene rings is 1. The molecule has 0 fully saturated rings. The Balaban J connectivity index is 1.97. The van der Waals surface area contributed by atoms with Gasteiger partial charge in [-0.25, -0.2) is 13.4 Å². The van der Waals surface area contributed by atoms with E-state index in [0.29, 0.717) is 10.6 Å². The summed E-state index contributed by atoms with van der Waals surface area (Å²) in [6.07, 6.45) is 4.83. The molecule has 3 rings (SSSR count). The van der Waals surface area contributed by atoms with Crippen molar-refractivity contribution < 1.29 is 12.6 Å². The summed E-state index contributed by atoms with van der Waals surface area (Å²) in [6.45, 7) is 1.96. The van der Waals surface area contributed by atoms with Crippen molar-refractivity contribution in [3.63, 3.8) is 0 Å². The number of sulfone groups is 1. The summed E-state index contributed by atoms with van der Waals surface area (Å²) < 4.78 is 38.2. The van der Waals surface area contributed by atoms with Crippen molar-refractivity contribution in [3.05, 3.63) is 60.0 Å². The van der Waals surface area contributed by atoms with E-state index in [4.69, 9.17) is 0 Å². The third-order valence-electron chi connectivity index (χ3n) is 3.50. The average Bonchev–Trinajstić information content (AvgIpc) is 2.90. The van der Waals surface area contributed by atoms with Gasteiger partial charge in [0.2, 0.25) is 0 Å². The van der Waals surface area contributed by atoms with Crippen molar-refractivity contribution in [2.24, 2.45) is 0 Å². The van der Waals surface area contributed by atoms with Crippen LogP contribution in [0.1, 0.15) is 11.3 Å². The van der Waals surface area contributed by atoms with Gasteiger partial charge < -0.3 is 4.40 Å². The van der Waals surface area contributed by atoms with Crippen LogP contribution in [-0.4, -0.2) is 28.3 Å². The molecule has 0 aliphatic rings. The Hall–Kier alpha value is -1.99. The lowest BCUT2D eigenvalue weighted by molar-refractivity contribution is 0.599. The number of aryl methyl sites for hydroxylation is 1. The first-order valence-electron chi connectivity index (χ1n) is 6.97. The molecule has 1 aromatic carbocycles. The van der Waals surface area contributed by atoms with E-state index in [1.165, 1.54) is 6.07 Å². The molecule has 1 atom stereocenters. The number of rotatable bonds is 4. The van der Waals surface area contributed by atoms with Crippen molar-refractivity contribution in [2.45, 2.75) is 22.5 Å². The van der Waals surface area contributed by atoms with Crippen LogP contribution in [0.3, 0.4) is 0 Å². The average molecular weight is 348 g/mol. The Kier molecular flexibility index (Phi) is 4.08. The van der Waals surface area contributed by atoms with Gasteiger partial charge in [0.15, 0.2) is 9.84 Å². The van der Waals surface area contributed by atoms with Gasteiger partial charge in [-0.05, 0) is 30.7 Å². The largest absolute Gasteiger partial charge is 0.307 e. The first-order chi connectivity index (χ1) is 10.9. The van der Waals surface area contributed by atoms with E-state index >= 15 is 0 Å². The van der Waals surface area contributed by atoms with E-state index in [1.807, 2.05) is 35.9 Å². The van der Waals surface area contributed by atoms with Gasteiger partial charge in [0.25, 0.3) is 0 Å². The van der Waals surface area contributed by atoms with Crippen molar-refractivity contribution in [1.82, 2.24) is 9.38 Å². The van der Waals surface area contributed by atoms with Gasteiger partial charge in [0, 0.05) is 18.6 Å². The van der Waals surface area contributed by atoms with Gasteiger partial charge in [-0.3, -0.25) is 4.21 Å². The van der Waals surface area contributed by atoms with E-state index in [2.05, 4.69) is 4.98 Å². The van der Waals surface area contributed by atoms with Gasteiger partial charge in [-0.1, -0.05) is 18.2 Å². The minimum atomic E-state index is -3.42. The zero-order chi connectivity index (χ0) is 16.6. The van der Waals surface area contributed by atoms with Gasteiger partial charge in [-0.15, -0.1) is 0 Å². The van der Waals surface area contributed by atoms with Gasteiger partial charge in [-0.2, -0.15) is 0 Å². The summed E-state index contributed by atoms with van der Waals surface area (Å²) in [4.78, 5) is 4.92. The second kappa shape index (κ2) is 5.90. The highest BCUT2D eigenvalue weighted by Gasteiger charge is 2.18. The maximum atomic E-state index is 12.6. The summed E-state index contributed by atoms with van der Waals surface area (Å²) in [7, 11) is -4.90. The summed E-state index contributed by atoms with van der Waals surface area (Å²) in [5.41, 5.74) is 2.51. The van der Waals surface area contributed by atoms with E-state index in [9.17, 15) is 12.6 Å². The lowest BCUT2D eigenvalue weighted by Gasteiger charge is -2.06.